The molecule has 1 atom stereocenters. The highest BCUT2D eigenvalue weighted by Crippen LogP contribution is 2.37. The van der Waals surface area contributed by atoms with Crippen LogP contribution in [0.3, 0.4) is 0 Å². The number of hydrogen-bond donors (Lipinski definition) is 1. The van der Waals surface area contributed by atoms with E-state index < -0.39 is 18.6 Å². The monoisotopic (exact) mass is 418 g/mol. The number of carbonyl (C=O) groups is 1. The molecule has 0 bridgehead atoms. The van der Waals surface area contributed by atoms with Gasteiger partial charge < -0.3 is 14.8 Å². The van der Waals surface area contributed by atoms with E-state index in [9.17, 15) is 13.6 Å². The number of nitrogens with zero attached hydrogens (tertiary/aromatic N) is 1. The second-order valence-electron chi connectivity index (χ2n) is 6.19. The quantitative estimate of drug-likeness (QED) is 0.548. The number of anilines is 1. The number of rotatable bonds is 6. The van der Waals surface area contributed by atoms with Crippen molar-refractivity contribution in [3.8, 4) is 5.75 Å². The summed E-state index contributed by atoms with van der Waals surface area (Å²) in [6.07, 6.45) is 0. The lowest BCUT2D eigenvalue weighted by Gasteiger charge is -2.37. The second-order valence-corrected chi connectivity index (χ2v) is 6.58. The summed E-state index contributed by atoms with van der Waals surface area (Å²) in [6.45, 7) is 0.624. The summed E-state index contributed by atoms with van der Waals surface area (Å²) < 4.78 is 35.7. The van der Waals surface area contributed by atoms with E-state index in [1.54, 1.807) is 36.9 Å². The molecule has 0 fully saturated rings. The fraction of sp³-hybridized carbons (Fsp3) is 0.238. The summed E-state index contributed by atoms with van der Waals surface area (Å²) in [6, 6.07) is 14.8. The molecule has 0 saturated heterocycles. The molecule has 2 aromatic rings. The SMILES string of the molecule is CCOC(=O)C1=C(C)N(c2ccccc2)C(=S)N[C@H]1c1ccccc1OC(F)F. The van der Waals surface area contributed by atoms with Gasteiger partial charge in [-0.25, -0.2) is 4.79 Å². The van der Waals surface area contributed by atoms with Crippen molar-refractivity contribution in [2.24, 2.45) is 0 Å². The number of carbonyl (C=O) groups excluding carboxylic acids is 1. The van der Waals surface area contributed by atoms with Crippen LogP contribution in [0.1, 0.15) is 25.5 Å². The van der Waals surface area contributed by atoms with Crippen LogP contribution < -0.4 is 15.0 Å². The van der Waals surface area contributed by atoms with E-state index in [4.69, 9.17) is 17.0 Å². The van der Waals surface area contributed by atoms with Gasteiger partial charge >= 0.3 is 12.6 Å². The number of para-hydroxylation sites is 2. The van der Waals surface area contributed by atoms with Crippen LogP contribution in [0, 0.1) is 0 Å². The summed E-state index contributed by atoms with van der Waals surface area (Å²) in [7, 11) is 0. The Bertz CT molecular complexity index is 935. The lowest BCUT2D eigenvalue weighted by Crippen LogP contribution is -2.48. The first-order valence-corrected chi connectivity index (χ1v) is 9.42. The van der Waals surface area contributed by atoms with Gasteiger partial charge in [0.05, 0.1) is 18.2 Å². The highest BCUT2D eigenvalue weighted by Gasteiger charge is 2.36. The number of alkyl halides is 2. The maximum atomic E-state index is 12.9. The van der Waals surface area contributed by atoms with Gasteiger partial charge in [0.15, 0.2) is 5.11 Å². The van der Waals surface area contributed by atoms with Gasteiger partial charge in [-0.2, -0.15) is 8.78 Å². The molecule has 0 amide bonds. The molecule has 1 heterocycles. The summed E-state index contributed by atoms with van der Waals surface area (Å²) in [5.74, 6) is -0.594. The number of ether oxygens (including phenoxy) is 2. The van der Waals surface area contributed by atoms with Crippen LogP contribution in [0.5, 0.6) is 5.75 Å². The van der Waals surface area contributed by atoms with E-state index in [-0.39, 0.29) is 17.9 Å². The number of nitrogens with one attached hydrogen (secondary N) is 1. The van der Waals surface area contributed by atoms with Gasteiger partial charge in [0.1, 0.15) is 5.75 Å². The van der Waals surface area contributed by atoms with Crippen molar-refractivity contribution in [1.29, 1.82) is 0 Å². The first kappa shape index (κ1) is 20.7. The standard InChI is InChI=1S/C21H20F2N2O3S/c1-3-27-19(26)17-13(2)25(14-9-5-4-6-10-14)21(29)24-18(17)15-11-7-8-12-16(15)28-20(22)23/h4-12,18,20H,3H2,1-2H3,(H,24,29)/t18-/m0/s1. The Balaban J connectivity index is 2.14. The van der Waals surface area contributed by atoms with Crippen molar-refractivity contribution in [2.75, 3.05) is 11.5 Å². The van der Waals surface area contributed by atoms with Crippen molar-refractivity contribution >= 4 is 29.0 Å². The fourth-order valence-corrected chi connectivity index (χ4v) is 3.62. The largest absolute Gasteiger partial charge is 0.463 e. The highest BCUT2D eigenvalue weighted by atomic mass is 32.1. The van der Waals surface area contributed by atoms with E-state index in [1.807, 2.05) is 30.3 Å². The Kier molecular flexibility index (Phi) is 6.43. The molecule has 8 heteroatoms. The molecule has 2 aromatic carbocycles. The molecular weight excluding hydrogens is 398 g/mol. The molecule has 29 heavy (non-hydrogen) atoms. The maximum absolute atomic E-state index is 12.9. The van der Waals surface area contributed by atoms with Gasteiger partial charge in [-0.15, -0.1) is 0 Å². The predicted octanol–water partition coefficient (Wildman–Crippen LogP) is 4.56. The van der Waals surface area contributed by atoms with Crippen molar-refractivity contribution in [3.63, 3.8) is 0 Å². The zero-order chi connectivity index (χ0) is 21.0. The van der Waals surface area contributed by atoms with E-state index in [0.29, 0.717) is 16.4 Å². The van der Waals surface area contributed by atoms with E-state index in [0.717, 1.165) is 5.69 Å². The summed E-state index contributed by atoms with van der Waals surface area (Å²) in [4.78, 5) is 14.5. The third-order valence-corrected chi connectivity index (χ3v) is 4.74. The Labute approximate surface area is 172 Å². The third kappa shape index (κ3) is 4.37. The molecule has 0 saturated carbocycles. The first-order valence-electron chi connectivity index (χ1n) is 9.01. The van der Waals surface area contributed by atoms with Crippen molar-refractivity contribution < 1.29 is 23.0 Å². The molecule has 1 N–H and O–H groups in total. The van der Waals surface area contributed by atoms with Crippen LogP contribution in [0.15, 0.2) is 65.9 Å². The molecule has 0 spiro atoms. The lowest BCUT2D eigenvalue weighted by atomic mass is 9.94. The van der Waals surface area contributed by atoms with Gasteiger partial charge in [0, 0.05) is 16.9 Å². The number of hydrogen-bond acceptors (Lipinski definition) is 4. The third-order valence-electron chi connectivity index (χ3n) is 4.44. The van der Waals surface area contributed by atoms with Crippen LogP contribution >= 0.6 is 12.2 Å². The molecule has 0 radical (unpaired) electrons. The summed E-state index contributed by atoms with van der Waals surface area (Å²) in [5.41, 5.74) is 1.95. The smallest absolute Gasteiger partial charge is 0.387 e. The molecule has 152 valence electrons. The normalized spacial score (nSPS) is 16.7. The van der Waals surface area contributed by atoms with Crippen molar-refractivity contribution in [2.45, 2.75) is 26.5 Å². The van der Waals surface area contributed by atoms with Crippen LogP contribution in [0.25, 0.3) is 0 Å². The number of halogens is 2. The summed E-state index contributed by atoms with van der Waals surface area (Å²) in [5, 5.41) is 3.42. The van der Waals surface area contributed by atoms with Crippen LogP contribution in [-0.4, -0.2) is 24.3 Å². The predicted molar refractivity (Wildman–Crippen MR) is 110 cm³/mol. The minimum atomic E-state index is -3.00. The Hall–Kier alpha value is -3.00. The zero-order valence-electron chi connectivity index (χ0n) is 15.9. The van der Waals surface area contributed by atoms with Gasteiger partial charge in [-0.3, -0.25) is 4.90 Å². The Morgan fingerprint density at radius 1 is 1.17 bits per heavy atom. The molecule has 0 aromatic heterocycles. The number of esters is 1. The Morgan fingerprint density at radius 3 is 2.48 bits per heavy atom. The maximum Gasteiger partial charge on any atom is 0.387 e. The minimum Gasteiger partial charge on any atom is -0.463 e. The molecule has 3 rings (SSSR count). The van der Waals surface area contributed by atoms with Crippen molar-refractivity contribution in [3.05, 3.63) is 71.4 Å². The van der Waals surface area contributed by atoms with E-state index >= 15 is 0 Å². The van der Waals surface area contributed by atoms with Crippen LogP contribution in [0.4, 0.5) is 14.5 Å². The topological polar surface area (TPSA) is 50.8 Å². The van der Waals surface area contributed by atoms with Crippen LogP contribution in [-0.2, 0) is 9.53 Å². The molecule has 5 nitrogen and oxygen atoms in total. The second kappa shape index (κ2) is 9.00. The molecule has 0 aliphatic carbocycles. The van der Waals surface area contributed by atoms with Crippen LogP contribution in [0.2, 0.25) is 0 Å². The average Bonchev–Trinajstić information content (AvgIpc) is 2.68. The van der Waals surface area contributed by atoms with Gasteiger partial charge in [-0.1, -0.05) is 36.4 Å². The first-order chi connectivity index (χ1) is 13.9. The molecule has 1 aliphatic heterocycles. The average molecular weight is 418 g/mol. The van der Waals surface area contributed by atoms with E-state index in [1.165, 1.54) is 6.07 Å². The highest BCUT2D eigenvalue weighted by molar-refractivity contribution is 7.80. The molecule has 1 aliphatic rings. The Morgan fingerprint density at radius 2 is 1.83 bits per heavy atom. The van der Waals surface area contributed by atoms with Gasteiger partial charge in [-0.05, 0) is 44.3 Å². The molecule has 0 unspecified atom stereocenters. The van der Waals surface area contributed by atoms with E-state index in [2.05, 4.69) is 10.1 Å². The number of allylic oxidation sites excluding steroid dienone is 1. The van der Waals surface area contributed by atoms with Gasteiger partial charge in [0.2, 0.25) is 0 Å². The lowest BCUT2D eigenvalue weighted by molar-refractivity contribution is -0.139. The fourth-order valence-electron chi connectivity index (χ4n) is 3.26. The minimum absolute atomic E-state index is 0.0365. The van der Waals surface area contributed by atoms with Crippen molar-refractivity contribution in [1.82, 2.24) is 5.32 Å². The van der Waals surface area contributed by atoms with Gasteiger partial charge in [0.25, 0.3) is 0 Å². The zero-order valence-corrected chi connectivity index (χ0v) is 16.7. The number of benzene rings is 2. The molecular formula is C21H20F2N2O3S. The number of thiocarbonyl (C=S) groups is 1. The summed E-state index contributed by atoms with van der Waals surface area (Å²) >= 11 is 5.54.